The third-order valence-electron chi connectivity index (χ3n) is 4.10. The topological polar surface area (TPSA) is 61.7 Å². The van der Waals surface area contributed by atoms with Crippen molar-refractivity contribution in [1.82, 2.24) is 14.9 Å². The number of aromatic nitrogens is 2. The van der Waals surface area contributed by atoms with Crippen LogP contribution in [0.15, 0.2) is 24.3 Å². The Hall–Kier alpha value is -2.41. The molecule has 1 aliphatic rings. The molecule has 24 heavy (non-hydrogen) atoms. The number of rotatable bonds is 4. The molecule has 1 fully saturated rings. The molecule has 0 bridgehead atoms. The summed E-state index contributed by atoms with van der Waals surface area (Å²) >= 11 is 0. The van der Waals surface area contributed by atoms with Crippen LogP contribution in [0.5, 0.6) is 11.6 Å². The molecule has 1 aromatic carbocycles. The van der Waals surface area contributed by atoms with Gasteiger partial charge in [-0.25, -0.2) is 9.37 Å². The van der Waals surface area contributed by atoms with Crippen molar-refractivity contribution >= 4 is 5.95 Å². The summed E-state index contributed by atoms with van der Waals surface area (Å²) in [5.41, 5.74) is 1.73. The fourth-order valence-electron chi connectivity index (χ4n) is 2.78. The van der Waals surface area contributed by atoms with Crippen LogP contribution in [0.3, 0.4) is 0 Å². The maximum atomic E-state index is 13.4. The van der Waals surface area contributed by atoms with Crippen LogP contribution in [0.25, 0.3) is 0 Å². The van der Waals surface area contributed by atoms with E-state index in [1.807, 2.05) is 6.92 Å². The van der Waals surface area contributed by atoms with Gasteiger partial charge in [-0.3, -0.25) is 4.90 Å². The lowest BCUT2D eigenvalue weighted by Crippen LogP contribution is -2.46. The van der Waals surface area contributed by atoms with Gasteiger partial charge in [-0.05, 0) is 24.6 Å². The Kier molecular flexibility index (Phi) is 4.80. The van der Waals surface area contributed by atoms with Gasteiger partial charge in [0.05, 0.1) is 7.11 Å². The molecule has 6 nitrogen and oxygen atoms in total. The van der Waals surface area contributed by atoms with E-state index >= 15 is 0 Å². The number of nitrogens with zero attached hydrogens (tertiary/aromatic N) is 4. The number of ether oxygens (including phenoxy) is 1. The number of phenolic OH excluding ortho intramolecular Hbond substituents is 1. The maximum Gasteiger partial charge on any atom is 0.228 e. The predicted octanol–water partition coefficient (Wildman–Crippen LogP) is 1.96. The lowest BCUT2D eigenvalue weighted by atomic mass is 10.2. The highest BCUT2D eigenvalue weighted by Gasteiger charge is 2.20. The van der Waals surface area contributed by atoms with E-state index in [0.717, 1.165) is 37.4 Å². The molecule has 0 saturated carbocycles. The largest absolute Gasteiger partial charge is 0.505 e. The SMILES string of the molecule is COc1cc(C)nc(N2CCN(Cc3ccc(O)c(F)c3)CC2)n1. The number of anilines is 1. The summed E-state index contributed by atoms with van der Waals surface area (Å²) in [4.78, 5) is 13.3. The van der Waals surface area contributed by atoms with E-state index in [1.165, 1.54) is 12.1 Å². The van der Waals surface area contributed by atoms with Crippen molar-refractivity contribution in [3.63, 3.8) is 0 Å². The van der Waals surface area contributed by atoms with Gasteiger partial charge in [0.1, 0.15) is 0 Å². The predicted molar refractivity (Wildman–Crippen MR) is 88.9 cm³/mol. The highest BCUT2D eigenvalue weighted by Crippen LogP contribution is 2.20. The second-order valence-electron chi connectivity index (χ2n) is 5.90. The van der Waals surface area contributed by atoms with Crippen LogP contribution in [-0.4, -0.2) is 53.3 Å². The number of hydrogen-bond acceptors (Lipinski definition) is 6. The van der Waals surface area contributed by atoms with Crippen LogP contribution >= 0.6 is 0 Å². The van der Waals surface area contributed by atoms with Crippen molar-refractivity contribution in [2.24, 2.45) is 0 Å². The fraction of sp³-hybridized carbons (Fsp3) is 0.412. The molecule has 7 heteroatoms. The van der Waals surface area contributed by atoms with E-state index in [2.05, 4.69) is 19.8 Å². The molecule has 1 aliphatic heterocycles. The van der Waals surface area contributed by atoms with Gasteiger partial charge in [-0.1, -0.05) is 6.07 Å². The first-order chi connectivity index (χ1) is 11.5. The normalized spacial score (nSPS) is 15.5. The van der Waals surface area contributed by atoms with Crippen molar-refractivity contribution in [2.45, 2.75) is 13.5 Å². The monoisotopic (exact) mass is 332 g/mol. The van der Waals surface area contributed by atoms with Crippen molar-refractivity contribution < 1.29 is 14.2 Å². The highest BCUT2D eigenvalue weighted by atomic mass is 19.1. The number of benzene rings is 1. The molecular weight excluding hydrogens is 311 g/mol. The van der Waals surface area contributed by atoms with Crippen molar-refractivity contribution in [3.05, 3.63) is 41.3 Å². The van der Waals surface area contributed by atoms with Gasteiger partial charge < -0.3 is 14.7 Å². The molecule has 128 valence electrons. The quantitative estimate of drug-likeness (QED) is 0.923. The molecular formula is C17H21FN4O2. The summed E-state index contributed by atoms with van der Waals surface area (Å²) < 4.78 is 18.6. The molecule has 0 aliphatic carbocycles. The zero-order chi connectivity index (χ0) is 17.1. The standard InChI is InChI=1S/C17H21FN4O2/c1-12-9-16(24-2)20-17(19-12)22-7-5-21(6-8-22)11-13-3-4-15(23)14(18)10-13/h3-4,9-10,23H,5-8,11H2,1-2H3. The summed E-state index contributed by atoms with van der Waals surface area (Å²) in [7, 11) is 1.60. The molecule has 1 aromatic heterocycles. The number of phenols is 1. The average molecular weight is 332 g/mol. The maximum absolute atomic E-state index is 13.4. The number of halogens is 1. The number of piperazine rings is 1. The minimum Gasteiger partial charge on any atom is -0.505 e. The van der Waals surface area contributed by atoms with Gasteiger partial charge >= 0.3 is 0 Å². The molecule has 2 heterocycles. The Balaban J connectivity index is 1.61. The van der Waals surface area contributed by atoms with E-state index in [4.69, 9.17) is 4.74 Å². The number of hydrogen-bond donors (Lipinski definition) is 1. The molecule has 1 N–H and O–H groups in total. The third-order valence-corrected chi connectivity index (χ3v) is 4.10. The van der Waals surface area contributed by atoms with Crippen LogP contribution in [0.1, 0.15) is 11.3 Å². The van der Waals surface area contributed by atoms with E-state index in [1.54, 1.807) is 19.2 Å². The van der Waals surface area contributed by atoms with Crippen molar-refractivity contribution in [3.8, 4) is 11.6 Å². The Bertz CT molecular complexity index is 718. The van der Waals surface area contributed by atoms with E-state index in [0.29, 0.717) is 18.4 Å². The van der Waals surface area contributed by atoms with Crippen LogP contribution in [-0.2, 0) is 6.54 Å². The summed E-state index contributed by atoms with van der Waals surface area (Å²) in [5.74, 6) is 0.363. The van der Waals surface area contributed by atoms with E-state index in [-0.39, 0.29) is 5.75 Å². The molecule has 2 aromatic rings. The Morgan fingerprint density at radius 2 is 1.92 bits per heavy atom. The second-order valence-corrected chi connectivity index (χ2v) is 5.90. The van der Waals surface area contributed by atoms with Crippen LogP contribution in [0, 0.1) is 12.7 Å². The van der Waals surface area contributed by atoms with Gasteiger partial charge in [0.2, 0.25) is 11.8 Å². The highest BCUT2D eigenvalue weighted by molar-refractivity contribution is 5.35. The van der Waals surface area contributed by atoms with E-state index < -0.39 is 5.82 Å². The van der Waals surface area contributed by atoms with E-state index in [9.17, 15) is 9.50 Å². The second kappa shape index (κ2) is 7.00. The van der Waals surface area contributed by atoms with Crippen LogP contribution in [0.4, 0.5) is 10.3 Å². The minimum absolute atomic E-state index is 0.311. The van der Waals surface area contributed by atoms with Gasteiger partial charge in [0.15, 0.2) is 11.6 Å². The van der Waals surface area contributed by atoms with Gasteiger partial charge in [-0.2, -0.15) is 4.98 Å². The Labute approximate surface area is 140 Å². The molecule has 0 radical (unpaired) electrons. The number of methoxy groups -OCH3 is 1. The molecule has 3 rings (SSSR count). The van der Waals surface area contributed by atoms with Crippen molar-refractivity contribution in [1.29, 1.82) is 0 Å². The Morgan fingerprint density at radius 1 is 1.17 bits per heavy atom. The lowest BCUT2D eigenvalue weighted by molar-refractivity contribution is 0.248. The summed E-state index contributed by atoms with van der Waals surface area (Å²) in [6.07, 6.45) is 0. The smallest absolute Gasteiger partial charge is 0.228 e. The molecule has 0 spiro atoms. The number of aromatic hydroxyl groups is 1. The number of aryl methyl sites for hydroxylation is 1. The molecule has 0 amide bonds. The summed E-state index contributed by atoms with van der Waals surface area (Å²) in [6, 6.07) is 6.34. The van der Waals surface area contributed by atoms with Gasteiger partial charge in [-0.15, -0.1) is 0 Å². The van der Waals surface area contributed by atoms with Gasteiger partial charge in [0.25, 0.3) is 0 Å². The molecule has 0 unspecified atom stereocenters. The first kappa shape index (κ1) is 16.4. The van der Waals surface area contributed by atoms with Crippen LogP contribution in [0.2, 0.25) is 0 Å². The molecule has 1 saturated heterocycles. The third kappa shape index (κ3) is 3.73. The van der Waals surface area contributed by atoms with Crippen molar-refractivity contribution in [2.75, 3.05) is 38.2 Å². The minimum atomic E-state index is -0.577. The van der Waals surface area contributed by atoms with Crippen LogP contribution < -0.4 is 9.64 Å². The lowest BCUT2D eigenvalue weighted by Gasteiger charge is -2.34. The average Bonchev–Trinajstić information content (AvgIpc) is 2.58. The summed E-state index contributed by atoms with van der Waals surface area (Å²) in [5, 5.41) is 9.26. The zero-order valence-electron chi connectivity index (χ0n) is 13.9. The first-order valence-corrected chi connectivity index (χ1v) is 7.89. The first-order valence-electron chi connectivity index (χ1n) is 7.89. The molecule has 0 atom stereocenters. The Morgan fingerprint density at radius 3 is 2.58 bits per heavy atom. The van der Waals surface area contributed by atoms with Gasteiger partial charge in [0, 0.05) is 44.5 Å². The summed E-state index contributed by atoms with van der Waals surface area (Å²) in [6.45, 7) is 5.84. The zero-order valence-corrected chi connectivity index (χ0v) is 13.9. The fourth-order valence-corrected chi connectivity index (χ4v) is 2.78.